The number of halogens is 1. The molecule has 3 nitrogen and oxygen atoms in total. The molecule has 1 rings (SSSR count). The molecule has 0 saturated heterocycles. The molecule has 0 aromatic carbocycles. The normalized spacial score (nSPS) is 14.3. The molecule has 4 heteroatoms. The predicted octanol–water partition coefficient (Wildman–Crippen LogP) is 2.60. The molecule has 86 valence electrons. The number of rotatable bonds is 4. The summed E-state index contributed by atoms with van der Waals surface area (Å²) in [5.74, 6) is 0. The van der Waals surface area contributed by atoms with Crippen molar-refractivity contribution < 1.29 is 5.11 Å². The smallest absolute Gasteiger partial charge is 0.0823 e. The van der Waals surface area contributed by atoms with Crippen molar-refractivity contribution in [3.05, 3.63) is 16.9 Å². The second-order valence-corrected chi connectivity index (χ2v) is 5.00. The van der Waals surface area contributed by atoms with Crippen LogP contribution in [-0.2, 0) is 12.0 Å². The predicted molar refractivity (Wildman–Crippen MR) is 62.2 cm³/mol. The second kappa shape index (κ2) is 4.54. The maximum atomic E-state index is 9.47. The highest BCUT2D eigenvalue weighted by Crippen LogP contribution is 2.33. The van der Waals surface area contributed by atoms with Crippen molar-refractivity contribution in [2.45, 2.75) is 52.2 Å². The lowest BCUT2D eigenvalue weighted by molar-refractivity contribution is 0.154. The van der Waals surface area contributed by atoms with E-state index in [-0.39, 0.29) is 11.5 Å². The highest BCUT2D eigenvalue weighted by molar-refractivity contribution is 6.31. The molecule has 0 saturated carbocycles. The summed E-state index contributed by atoms with van der Waals surface area (Å²) in [7, 11) is 0. The number of aryl methyl sites for hydroxylation is 1. The van der Waals surface area contributed by atoms with Gasteiger partial charge in [0.05, 0.1) is 23.0 Å². The molecule has 1 N–H and O–H groups in total. The Morgan fingerprint density at radius 3 is 2.67 bits per heavy atom. The van der Waals surface area contributed by atoms with E-state index in [2.05, 4.69) is 18.9 Å². The zero-order valence-corrected chi connectivity index (χ0v) is 10.5. The van der Waals surface area contributed by atoms with Gasteiger partial charge < -0.3 is 5.11 Å². The highest BCUT2D eigenvalue weighted by atomic mass is 35.5. The molecule has 1 atom stereocenters. The molecule has 0 bridgehead atoms. The Morgan fingerprint density at radius 2 is 2.20 bits per heavy atom. The first kappa shape index (κ1) is 12.5. The third-order valence-electron chi connectivity index (χ3n) is 2.54. The number of hydrogen-bond acceptors (Lipinski definition) is 2. The first-order valence-corrected chi connectivity index (χ1v) is 5.66. The van der Waals surface area contributed by atoms with Gasteiger partial charge in [0.15, 0.2) is 0 Å². The van der Waals surface area contributed by atoms with Crippen LogP contribution in [0.1, 0.15) is 39.8 Å². The third-order valence-corrected chi connectivity index (χ3v) is 2.82. The fraction of sp³-hybridized carbons (Fsp3) is 0.727. The molecule has 1 heterocycles. The minimum atomic E-state index is -0.337. The van der Waals surface area contributed by atoms with Gasteiger partial charge in [-0.3, -0.25) is 4.68 Å². The maximum Gasteiger partial charge on any atom is 0.0823 e. The van der Waals surface area contributed by atoms with Crippen molar-refractivity contribution in [1.29, 1.82) is 0 Å². The fourth-order valence-electron chi connectivity index (χ4n) is 2.11. The van der Waals surface area contributed by atoms with Gasteiger partial charge in [-0.2, -0.15) is 5.10 Å². The monoisotopic (exact) mass is 230 g/mol. The van der Waals surface area contributed by atoms with E-state index in [0.29, 0.717) is 11.4 Å². The van der Waals surface area contributed by atoms with Crippen molar-refractivity contribution in [3.63, 3.8) is 0 Å². The van der Waals surface area contributed by atoms with Gasteiger partial charge in [0.2, 0.25) is 0 Å². The highest BCUT2D eigenvalue weighted by Gasteiger charge is 2.28. The Labute approximate surface area is 96.1 Å². The summed E-state index contributed by atoms with van der Waals surface area (Å²) >= 11 is 6.13. The second-order valence-electron chi connectivity index (χ2n) is 4.59. The average molecular weight is 231 g/mol. The number of aliphatic hydroxyl groups is 1. The molecule has 0 aliphatic carbocycles. The molecule has 0 aliphatic rings. The summed E-state index contributed by atoms with van der Waals surface area (Å²) in [4.78, 5) is 0. The third kappa shape index (κ3) is 2.73. The molecule has 0 amide bonds. The first-order chi connectivity index (χ1) is 6.88. The Kier molecular flexibility index (Phi) is 3.79. The molecular formula is C11H19ClN2O. The van der Waals surface area contributed by atoms with Crippen LogP contribution in [0.4, 0.5) is 0 Å². The van der Waals surface area contributed by atoms with E-state index >= 15 is 0 Å². The van der Waals surface area contributed by atoms with Crippen molar-refractivity contribution in [2.24, 2.45) is 0 Å². The van der Waals surface area contributed by atoms with E-state index in [0.717, 1.165) is 12.2 Å². The van der Waals surface area contributed by atoms with Crippen LogP contribution in [0.25, 0.3) is 0 Å². The standard InChI is InChI=1S/C11H19ClN2O/c1-5-14-10(9(12)7-13-14)11(3,4)6-8(2)15/h7-8,15H,5-6H2,1-4H3. The molecule has 1 aromatic heterocycles. The molecule has 0 fully saturated rings. The SMILES string of the molecule is CCn1ncc(Cl)c1C(C)(C)CC(C)O. The number of aromatic nitrogens is 2. The Hall–Kier alpha value is -0.540. The minimum absolute atomic E-state index is 0.155. The molecule has 0 aliphatic heterocycles. The van der Waals surface area contributed by atoms with E-state index in [9.17, 15) is 5.11 Å². The number of hydrogen-bond donors (Lipinski definition) is 1. The summed E-state index contributed by atoms with van der Waals surface area (Å²) in [6, 6.07) is 0. The van der Waals surface area contributed by atoms with Crippen molar-refractivity contribution in [1.82, 2.24) is 9.78 Å². The number of nitrogens with zero attached hydrogens (tertiary/aromatic N) is 2. The van der Waals surface area contributed by atoms with Crippen LogP contribution < -0.4 is 0 Å². The van der Waals surface area contributed by atoms with E-state index < -0.39 is 0 Å². The van der Waals surface area contributed by atoms with E-state index in [1.54, 1.807) is 13.1 Å². The summed E-state index contributed by atoms with van der Waals surface area (Å²) < 4.78 is 1.89. The van der Waals surface area contributed by atoms with Gasteiger partial charge in [0.1, 0.15) is 0 Å². The first-order valence-electron chi connectivity index (χ1n) is 5.28. The van der Waals surface area contributed by atoms with Crippen LogP contribution in [0.15, 0.2) is 6.20 Å². The van der Waals surface area contributed by atoms with E-state index in [1.807, 2.05) is 11.6 Å². The molecule has 1 unspecified atom stereocenters. The van der Waals surface area contributed by atoms with Gasteiger partial charge >= 0.3 is 0 Å². The zero-order valence-electron chi connectivity index (χ0n) is 9.79. The Balaban J connectivity index is 3.07. The van der Waals surface area contributed by atoms with Gasteiger partial charge in [-0.25, -0.2) is 0 Å². The molecule has 1 aromatic rings. The lowest BCUT2D eigenvalue weighted by Crippen LogP contribution is -2.26. The van der Waals surface area contributed by atoms with Crippen LogP contribution >= 0.6 is 11.6 Å². The van der Waals surface area contributed by atoms with Crippen LogP contribution in [0, 0.1) is 0 Å². The molecule has 15 heavy (non-hydrogen) atoms. The van der Waals surface area contributed by atoms with Gasteiger partial charge in [-0.15, -0.1) is 0 Å². The Morgan fingerprint density at radius 1 is 1.60 bits per heavy atom. The Bertz CT molecular complexity index is 331. The summed E-state index contributed by atoms with van der Waals surface area (Å²) in [6.45, 7) is 8.78. The zero-order chi connectivity index (χ0) is 11.6. The van der Waals surface area contributed by atoms with Gasteiger partial charge in [-0.05, 0) is 20.3 Å². The largest absolute Gasteiger partial charge is 0.393 e. The quantitative estimate of drug-likeness (QED) is 0.864. The van der Waals surface area contributed by atoms with Crippen molar-refractivity contribution in [2.75, 3.05) is 0 Å². The van der Waals surface area contributed by atoms with Gasteiger partial charge in [-0.1, -0.05) is 25.4 Å². The van der Waals surface area contributed by atoms with Crippen molar-refractivity contribution in [3.8, 4) is 0 Å². The maximum absolute atomic E-state index is 9.47. The fourth-order valence-corrected chi connectivity index (χ4v) is 2.51. The van der Waals surface area contributed by atoms with Crippen LogP contribution in [0.3, 0.4) is 0 Å². The van der Waals surface area contributed by atoms with Gasteiger partial charge in [0.25, 0.3) is 0 Å². The average Bonchev–Trinajstić information content (AvgIpc) is 2.44. The van der Waals surface area contributed by atoms with E-state index in [4.69, 9.17) is 11.6 Å². The molecule has 0 radical (unpaired) electrons. The number of aliphatic hydroxyl groups excluding tert-OH is 1. The molecule has 0 spiro atoms. The topological polar surface area (TPSA) is 38.0 Å². The van der Waals surface area contributed by atoms with E-state index in [1.165, 1.54) is 0 Å². The summed E-state index contributed by atoms with van der Waals surface area (Å²) in [6.07, 6.45) is 2.01. The lowest BCUT2D eigenvalue weighted by atomic mass is 9.83. The summed E-state index contributed by atoms with van der Waals surface area (Å²) in [5.41, 5.74) is 0.852. The summed E-state index contributed by atoms with van der Waals surface area (Å²) in [5, 5.41) is 14.4. The van der Waals surface area contributed by atoms with Crippen molar-refractivity contribution >= 4 is 11.6 Å². The van der Waals surface area contributed by atoms with Gasteiger partial charge in [0, 0.05) is 12.0 Å². The lowest BCUT2D eigenvalue weighted by Gasteiger charge is -2.27. The van der Waals surface area contributed by atoms with Crippen LogP contribution in [0.5, 0.6) is 0 Å². The van der Waals surface area contributed by atoms with Crippen LogP contribution in [0.2, 0.25) is 5.02 Å². The minimum Gasteiger partial charge on any atom is -0.393 e. The van der Waals surface area contributed by atoms with Crippen LogP contribution in [-0.4, -0.2) is 21.0 Å². The molecular weight excluding hydrogens is 212 g/mol.